The molecule has 2 aromatic rings. The molecule has 1 aromatic carbocycles. The van der Waals surface area contributed by atoms with Crippen molar-refractivity contribution in [2.45, 2.75) is 52.3 Å². The maximum absolute atomic E-state index is 15.0. The lowest BCUT2D eigenvalue weighted by atomic mass is 10.0. The largest absolute Gasteiger partial charge is 0.487 e. The Morgan fingerprint density at radius 2 is 2.07 bits per heavy atom. The van der Waals surface area contributed by atoms with Gasteiger partial charge in [0, 0.05) is 13.0 Å². The molecule has 1 fully saturated rings. The molecule has 1 saturated heterocycles. The van der Waals surface area contributed by atoms with Crippen LogP contribution in [0.2, 0.25) is 0 Å². The Morgan fingerprint density at radius 1 is 1.24 bits per heavy atom. The van der Waals surface area contributed by atoms with E-state index in [-0.39, 0.29) is 12.5 Å². The highest BCUT2D eigenvalue weighted by Crippen LogP contribution is 2.32. The zero-order valence-corrected chi connectivity index (χ0v) is 16.6. The number of carbonyl (C=O) groups is 1. The maximum atomic E-state index is 15.0. The van der Waals surface area contributed by atoms with Crippen molar-refractivity contribution in [3.63, 3.8) is 0 Å². The fourth-order valence-corrected chi connectivity index (χ4v) is 4.43. The van der Waals surface area contributed by atoms with Crippen LogP contribution in [0.1, 0.15) is 44.7 Å². The average molecular weight is 397 g/mol. The van der Waals surface area contributed by atoms with E-state index in [1.54, 1.807) is 0 Å². The lowest BCUT2D eigenvalue weighted by molar-refractivity contribution is 0.0817. The fourth-order valence-electron chi connectivity index (χ4n) is 4.43. The minimum atomic E-state index is -1.12. The monoisotopic (exact) mass is 397 g/mol. The number of benzene rings is 1. The number of fused-ring (bicyclic) bond motifs is 2. The van der Waals surface area contributed by atoms with Crippen LogP contribution in [0.5, 0.6) is 5.75 Å². The molecule has 0 radical (unpaired) electrons. The number of hydrogen-bond acceptors (Lipinski definition) is 5. The van der Waals surface area contributed by atoms with E-state index in [0.717, 1.165) is 28.2 Å². The Bertz CT molecular complexity index is 994. The molecule has 4 heterocycles. The standard InChI is InChI=1S/C22H24FN3O3/c1-12-13(2)21(25-18-8-24-22(27)20(12)18)26-6-5-19(17(23)9-26)29-16-4-3-14-10-28-11-15(14)7-16/h3-4,7,17,19H,5-6,8-11H2,1-2H3,(H,24,27)/t17-,19?/m0/s1. The number of piperidine rings is 1. The molecule has 0 bridgehead atoms. The van der Waals surface area contributed by atoms with E-state index in [2.05, 4.69) is 5.32 Å². The topological polar surface area (TPSA) is 63.7 Å². The van der Waals surface area contributed by atoms with Crippen molar-refractivity contribution in [3.8, 4) is 5.75 Å². The van der Waals surface area contributed by atoms with Gasteiger partial charge in [0.25, 0.3) is 5.91 Å². The van der Waals surface area contributed by atoms with Gasteiger partial charge in [-0.25, -0.2) is 9.37 Å². The van der Waals surface area contributed by atoms with Gasteiger partial charge in [0.05, 0.1) is 37.6 Å². The molecule has 0 spiro atoms. The first-order valence-electron chi connectivity index (χ1n) is 10.0. The number of rotatable bonds is 3. The maximum Gasteiger partial charge on any atom is 0.253 e. The zero-order chi connectivity index (χ0) is 20.1. The van der Waals surface area contributed by atoms with Crippen molar-refractivity contribution in [3.05, 3.63) is 51.7 Å². The lowest BCUT2D eigenvalue weighted by Crippen LogP contribution is -2.47. The SMILES string of the molecule is Cc1c(N2CCC(Oc3ccc4c(c3)COC4)[C@@H](F)C2)nc2c(c1C)C(=O)NC2. The number of hydrogen-bond donors (Lipinski definition) is 1. The van der Waals surface area contributed by atoms with E-state index in [9.17, 15) is 4.79 Å². The second-order valence-electron chi connectivity index (χ2n) is 8.02. The summed E-state index contributed by atoms with van der Waals surface area (Å²) in [4.78, 5) is 18.7. The summed E-state index contributed by atoms with van der Waals surface area (Å²) in [6, 6.07) is 5.85. The third-order valence-electron chi connectivity index (χ3n) is 6.21. The first-order valence-corrected chi connectivity index (χ1v) is 10.0. The van der Waals surface area contributed by atoms with Crippen LogP contribution < -0.4 is 15.0 Å². The number of ether oxygens (including phenoxy) is 2. The normalized spacial score (nSPS) is 23.0. The van der Waals surface area contributed by atoms with Gasteiger partial charge < -0.3 is 19.7 Å². The third-order valence-corrected chi connectivity index (χ3v) is 6.21. The van der Waals surface area contributed by atoms with Gasteiger partial charge in [-0.3, -0.25) is 4.79 Å². The van der Waals surface area contributed by atoms with Crippen molar-refractivity contribution in [1.29, 1.82) is 0 Å². The zero-order valence-electron chi connectivity index (χ0n) is 16.6. The number of alkyl halides is 1. The van der Waals surface area contributed by atoms with Crippen molar-refractivity contribution in [2.75, 3.05) is 18.0 Å². The van der Waals surface area contributed by atoms with E-state index in [1.165, 1.54) is 5.56 Å². The van der Waals surface area contributed by atoms with E-state index in [1.807, 2.05) is 36.9 Å². The minimum absolute atomic E-state index is 0.0742. The summed E-state index contributed by atoms with van der Waals surface area (Å²) in [5, 5.41) is 2.82. The summed E-state index contributed by atoms with van der Waals surface area (Å²) in [5.41, 5.74) is 5.57. The average Bonchev–Trinajstić information content (AvgIpc) is 3.32. The van der Waals surface area contributed by atoms with Gasteiger partial charge in [-0.1, -0.05) is 6.07 Å². The number of halogens is 1. The number of anilines is 1. The third kappa shape index (κ3) is 3.13. The predicted octanol–water partition coefficient (Wildman–Crippen LogP) is 2.97. The van der Waals surface area contributed by atoms with Crippen LogP contribution in [-0.2, 0) is 24.5 Å². The Balaban J connectivity index is 1.32. The van der Waals surface area contributed by atoms with Gasteiger partial charge in [0.2, 0.25) is 0 Å². The van der Waals surface area contributed by atoms with Crippen LogP contribution in [0, 0.1) is 13.8 Å². The first kappa shape index (κ1) is 18.4. The smallest absolute Gasteiger partial charge is 0.253 e. The molecule has 29 heavy (non-hydrogen) atoms. The Morgan fingerprint density at radius 3 is 2.90 bits per heavy atom. The second kappa shape index (κ2) is 6.99. The predicted molar refractivity (Wildman–Crippen MR) is 106 cm³/mol. The number of amides is 1. The highest BCUT2D eigenvalue weighted by molar-refractivity contribution is 5.99. The van der Waals surface area contributed by atoms with Crippen molar-refractivity contribution >= 4 is 11.7 Å². The number of aromatic nitrogens is 1. The molecule has 0 aliphatic carbocycles. The van der Waals surface area contributed by atoms with Gasteiger partial charge in [0.15, 0.2) is 6.17 Å². The Kier molecular flexibility index (Phi) is 4.42. The number of carbonyl (C=O) groups excluding carboxylic acids is 1. The second-order valence-corrected chi connectivity index (χ2v) is 8.02. The molecule has 6 nitrogen and oxygen atoms in total. The quantitative estimate of drug-likeness (QED) is 0.863. The van der Waals surface area contributed by atoms with E-state index in [4.69, 9.17) is 14.5 Å². The molecular weight excluding hydrogens is 373 g/mol. The number of pyridine rings is 1. The molecule has 3 aliphatic heterocycles. The van der Waals surface area contributed by atoms with Gasteiger partial charge in [-0.15, -0.1) is 0 Å². The molecule has 0 saturated carbocycles. The summed E-state index contributed by atoms with van der Waals surface area (Å²) < 4.78 is 26.4. The molecule has 2 atom stereocenters. The summed E-state index contributed by atoms with van der Waals surface area (Å²) in [6.45, 7) is 6.43. The molecule has 152 valence electrons. The molecule has 1 N–H and O–H groups in total. The summed E-state index contributed by atoms with van der Waals surface area (Å²) >= 11 is 0. The summed E-state index contributed by atoms with van der Waals surface area (Å²) in [6.07, 6.45) is -1.03. The number of nitrogens with zero attached hydrogens (tertiary/aromatic N) is 2. The van der Waals surface area contributed by atoms with Gasteiger partial charge in [-0.2, -0.15) is 0 Å². The van der Waals surface area contributed by atoms with E-state index in [0.29, 0.717) is 44.0 Å². The van der Waals surface area contributed by atoms with E-state index < -0.39 is 12.3 Å². The first-order chi connectivity index (χ1) is 14.0. The highest BCUT2D eigenvalue weighted by atomic mass is 19.1. The summed E-state index contributed by atoms with van der Waals surface area (Å²) in [7, 11) is 0. The molecule has 1 amide bonds. The van der Waals surface area contributed by atoms with Crippen LogP contribution >= 0.6 is 0 Å². The van der Waals surface area contributed by atoms with Crippen molar-refractivity contribution in [1.82, 2.24) is 10.3 Å². The van der Waals surface area contributed by atoms with Crippen molar-refractivity contribution in [2.24, 2.45) is 0 Å². The van der Waals surface area contributed by atoms with Crippen LogP contribution in [0.15, 0.2) is 18.2 Å². The van der Waals surface area contributed by atoms with Crippen LogP contribution in [-0.4, -0.2) is 36.3 Å². The molecule has 7 heteroatoms. The molecule has 1 aromatic heterocycles. The lowest BCUT2D eigenvalue weighted by Gasteiger charge is -2.36. The summed E-state index contributed by atoms with van der Waals surface area (Å²) in [5.74, 6) is 1.39. The van der Waals surface area contributed by atoms with Crippen LogP contribution in [0.3, 0.4) is 0 Å². The molecule has 1 unspecified atom stereocenters. The van der Waals surface area contributed by atoms with Gasteiger partial charge in [-0.05, 0) is 48.2 Å². The Hall–Kier alpha value is -2.67. The van der Waals surface area contributed by atoms with Crippen LogP contribution in [0.25, 0.3) is 0 Å². The number of nitrogens with one attached hydrogen (secondary N) is 1. The van der Waals surface area contributed by atoms with E-state index >= 15 is 4.39 Å². The highest BCUT2D eigenvalue weighted by Gasteiger charge is 2.34. The van der Waals surface area contributed by atoms with Crippen molar-refractivity contribution < 1.29 is 18.7 Å². The molecule has 3 aliphatic rings. The van der Waals surface area contributed by atoms with Gasteiger partial charge >= 0.3 is 0 Å². The Labute approximate surface area is 169 Å². The van der Waals surface area contributed by atoms with Crippen LogP contribution in [0.4, 0.5) is 10.2 Å². The fraction of sp³-hybridized carbons (Fsp3) is 0.455. The van der Waals surface area contributed by atoms with Gasteiger partial charge in [0.1, 0.15) is 17.7 Å². The molecular formula is C22H24FN3O3. The minimum Gasteiger partial charge on any atom is -0.487 e. The molecule has 5 rings (SSSR count).